The number of piperazine rings is 1. The van der Waals surface area contributed by atoms with Crippen LogP contribution in [0, 0.1) is 34.5 Å². The Kier molecular flexibility index (Phi) is 15.4. The Balaban J connectivity index is 0.759. The third kappa shape index (κ3) is 11.1. The van der Waals surface area contributed by atoms with E-state index in [-0.39, 0.29) is 55.7 Å². The second-order valence-electron chi connectivity index (χ2n) is 22.2. The number of hydrogen-bond acceptors (Lipinski definition) is 13. The van der Waals surface area contributed by atoms with E-state index in [1.165, 1.54) is 4.90 Å². The van der Waals surface area contributed by atoms with Gasteiger partial charge in [-0.1, -0.05) is 84.3 Å². The molecule has 4 amide bonds. The quantitative estimate of drug-likeness (QED) is 0.0985. The van der Waals surface area contributed by atoms with E-state index in [0.717, 1.165) is 66.5 Å². The van der Waals surface area contributed by atoms with Crippen molar-refractivity contribution in [3.05, 3.63) is 93.7 Å². The first-order chi connectivity index (χ1) is 34.0. The lowest BCUT2D eigenvalue weighted by atomic mass is 9.49. The van der Waals surface area contributed by atoms with Crippen molar-refractivity contribution in [3.8, 4) is 22.3 Å². The van der Waals surface area contributed by atoms with Gasteiger partial charge in [-0.15, -0.1) is 11.3 Å². The molecule has 16 nitrogen and oxygen atoms in total. The minimum absolute atomic E-state index is 0.0103. The number of benzene rings is 2. The van der Waals surface area contributed by atoms with Crippen LogP contribution < -0.4 is 25.6 Å². The van der Waals surface area contributed by atoms with Crippen molar-refractivity contribution >= 4 is 52.4 Å². The van der Waals surface area contributed by atoms with Gasteiger partial charge in [0.1, 0.15) is 42.4 Å². The minimum Gasteiger partial charge on any atom is -0.489 e. The van der Waals surface area contributed by atoms with Crippen LogP contribution in [0.4, 0.5) is 5.82 Å². The number of likely N-dealkylation sites (tertiary alicyclic amines) is 1. The second-order valence-corrected chi connectivity index (χ2v) is 23.4. The van der Waals surface area contributed by atoms with Gasteiger partial charge in [-0.3, -0.25) is 24.1 Å². The molecule has 1 unspecified atom stereocenters. The molecule has 2 aliphatic carbocycles. The summed E-state index contributed by atoms with van der Waals surface area (Å²) in [4.78, 5) is 71.0. The molecule has 72 heavy (non-hydrogen) atoms. The average molecular weight is 1020 g/mol. The molecule has 0 radical (unpaired) electrons. The number of ether oxygens (including phenoxy) is 2. The molecule has 4 fully saturated rings. The van der Waals surface area contributed by atoms with Gasteiger partial charge in [0.15, 0.2) is 0 Å². The number of hydrogen-bond donors (Lipinski definition) is 4. The SMILES string of the molecule is Cc1ncsc1-c1ccc([C@H](C)NC(=O)[C@@H]2C[C@@H](O)CN2C(=O)C(NC(=O)COC2CC(N3CCN(c4ccc(C(=O)N[C@H]5C(C)(C)[C@H](Oc6ccc(C#N)c(Cl)c6)C5(C)C)cn4)CC3)C2)C(C)(C)C)cc1. The van der Waals surface area contributed by atoms with Crippen LogP contribution in [0.2, 0.25) is 5.02 Å². The third-order valence-electron chi connectivity index (χ3n) is 15.2. The molecule has 4 N–H and O–H groups in total. The zero-order valence-corrected chi connectivity index (χ0v) is 44.3. The van der Waals surface area contributed by atoms with Crippen molar-refractivity contribution in [1.29, 1.82) is 5.26 Å². The van der Waals surface area contributed by atoms with Gasteiger partial charge >= 0.3 is 0 Å². The number of pyridine rings is 1. The summed E-state index contributed by atoms with van der Waals surface area (Å²) >= 11 is 7.84. The number of nitrogens with one attached hydrogen (secondary N) is 3. The topological polar surface area (TPSA) is 202 Å². The number of amides is 4. The molecular weight excluding hydrogens is 954 g/mol. The van der Waals surface area contributed by atoms with E-state index in [4.69, 9.17) is 21.1 Å². The number of thiazole rings is 1. The van der Waals surface area contributed by atoms with Crippen LogP contribution in [-0.2, 0) is 19.1 Å². The van der Waals surface area contributed by atoms with Crippen molar-refractivity contribution in [2.24, 2.45) is 16.2 Å². The van der Waals surface area contributed by atoms with E-state index in [1.54, 1.807) is 35.7 Å². The fourth-order valence-electron chi connectivity index (χ4n) is 11.2. The first-order valence-corrected chi connectivity index (χ1v) is 26.1. The lowest BCUT2D eigenvalue weighted by molar-refractivity contribution is -0.164. The standard InChI is InChI=1S/C54H68ClN9O7S/c1-31(33-10-12-34(13-11-33)45-32(2)58-30-72-45)59-48(68)42-24-38(65)28-64(42)49(69)46(52(3,4)5)60-44(66)29-70-40-22-37(23-40)62-18-20-63(21-19-62)43-17-15-36(27-57-43)47(67)61-50-53(6,7)51(54(50,8)9)71-39-16-14-35(26-56)41(55)25-39/h10-17,25,27,30-31,37-38,40,42,46,50-51,65H,18-24,28-29H2,1-9H3,(H,59,68)(H,60,66)(H,61,67)/t31-,37?,38+,40?,42-,46?,50-,51-/m0/s1. The maximum atomic E-state index is 14.2. The third-order valence-corrected chi connectivity index (χ3v) is 16.5. The van der Waals surface area contributed by atoms with E-state index in [1.807, 2.05) is 76.5 Å². The van der Waals surface area contributed by atoms with Crippen LogP contribution >= 0.6 is 22.9 Å². The van der Waals surface area contributed by atoms with E-state index in [2.05, 4.69) is 69.5 Å². The molecule has 8 rings (SSSR count). The summed E-state index contributed by atoms with van der Waals surface area (Å²) < 4.78 is 12.4. The number of aliphatic hydroxyl groups excluding tert-OH is 1. The molecule has 2 saturated heterocycles. The maximum Gasteiger partial charge on any atom is 0.253 e. The average Bonchev–Trinajstić information content (AvgIpc) is 3.95. The number of carbonyl (C=O) groups excluding carboxylic acids is 4. The minimum atomic E-state index is -0.952. The number of anilines is 1. The smallest absolute Gasteiger partial charge is 0.253 e. The van der Waals surface area contributed by atoms with Crippen LogP contribution in [0.25, 0.3) is 10.4 Å². The molecule has 4 aliphatic rings. The first kappa shape index (κ1) is 52.7. The Morgan fingerprint density at radius 3 is 2.25 bits per heavy atom. The molecule has 4 aromatic rings. The van der Waals surface area contributed by atoms with Crippen molar-refractivity contribution in [1.82, 2.24) is 35.7 Å². The van der Waals surface area contributed by atoms with Gasteiger partial charge in [0.2, 0.25) is 17.7 Å². The van der Waals surface area contributed by atoms with Crippen molar-refractivity contribution in [3.63, 3.8) is 0 Å². The van der Waals surface area contributed by atoms with E-state index < -0.39 is 46.2 Å². The molecule has 2 aliphatic heterocycles. The van der Waals surface area contributed by atoms with Gasteiger partial charge in [-0.05, 0) is 67.5 Å². The highest BCUT2D eigenvalue weighted by molar-refractivity contribution is 7.13. The predicted molar refractivity (Wildman–Crippen MR) is 277 cm³/mol. The molecule has 4 atom stereocenters. The van der Waals surface area contributed by atoms with Crippen LogP contribution in [-0.4, -0.2) is 130 Å². The first-order valence-electron chi connectivity index (χ1n) is 24.9. The zero-order valence-electron chi connectivity index (χ0n) is 42.7. The Morgan fingerprint density at radius 1 is 0.958 bits per heavy atom. The number of halogens is 1. The zero-order chi connectivity index (χ0) is 51.9. The number of nitrogens with zero attached hydrogens (tertiary/aromatic N) is 6. The van der Waals surface area contributed by atoms with Gasteiger partial charge in [0.25, 0.3) is 5.91 Å². The predicted octanol–water partition coefficient (Wildman–Crippen LogP) is 6.69. The highest BCUT2D eigenvalue weighted by Gasteiger charge is 2.64. The number of carbonyl (C=O) groups is 4. The molecule has 4 heterocycles. The molecule has 2 aromatic heterocycles. The van der Waals surface area contributed by atoms with Crippen molar-refractivity contribution in [2.45, 2.75) is 130 Å². The highest BCUT2D eigenvalue weighted by atomic mass is 35.5. The maximum absolute atomic E-state index is 14.2. The fourth-order valence-corrected chi connectivity index (χ4v) is 12.2. The number of aryl methyl sites for hydroxylation is 1. The Hall–Kier alpha value is -5.64. The largest absolute Gasteiger partial charge is 0.489 e. The van der Waals surface area contributed by atoms with Crippen LogP contribution in [0.5, 0.6) is 5.75 Å². The summed E-state index contributed by atoms with van der Waals surface area (Å²) in [5.41, 5.74) is 4.13. The van der Waals surface area contributed by atoms with Crippen molar-refractivity contribution < 1.29 is 33.8 Å². The second kappa shape index (κ2) is 21.1. The summed E-state index contributed by atoms with van der Waals surface area (Å²) in [6, 6.07) is 16.8. The molecule has 2 saturated carbocycles. The number of rotatable bonds is 15. The van der Waals surface area contributed by atoms with Gasteiger partial charge in [0.05, 0.1) is 50.5 Å². The van der Waals surface area contributed by atoms with Gasteiger partial charge in [-0.2, -0.15) is 5.26 Å². The van der Waals surface area contributed by atoms with E-state index in [9.17, 15) is 29.5 Å². The summed E-state index contributed by atoms with van der Waals surface area (Å²) in [7, 11) is 0. The molecule has 0 spiro atoms. The lowest BCUT2D eigenvalue weighted by Crippen LogP contribution is -2.74. The number of nitriles is 1. The lowest BCUT2D eigenvalue weighted by Gasteiger charge is -2.63. The summed E-state index contributed by atoms with van der Waals surface area (Å²) in [5.74, 6) is -0.00283. The van der Waals surface area contributed by atoms with Gasteiger partial charge in [0, 0.05) is 74.3 Å². The molecule has 0 bridgehead atoms. The Bertz CT molecular complexity index is 2650. The van der Waals surface area contributed by atoms with Crippen molar-refractivity contribution in [2.75, 3.05) is 44.2 Å². The normalized spacial score (nSPS) is 24.5. The van der Waals surface area contributed by atoms with E-state index >= 15 is 0 Å². The molecule has 2 aromatic carbocycles. The molecule has 18 heteroatoms. The van der Waals surface area contributed by atoms with E-state index in [0.29, 0.717) is 27.9 Å². The molecule has 384 valence electrons. The number of β-amino-alcohol motifs (C(OH)–C–C–N with tert-alkyl or cyclic N) is 1. The molecular formula is C54H68ClN9O7S. The monoisotopic (exact) mass is 1020 g/mol. The summed E-state index contributed by atoms with van der Waals surface area (Å²) in [6.07, 6.45) is 2.14. The highest BCUT2D eigenvalue weighted by Crippen LogP contribution is 2.55. The number of aromatic nitrogens is 2. The van der Waals surface area contributed by atoms with Crippen LogP contribution in [0.3, 0.4) is 0 Å². The number of aliphatic hydroxyl groups is 1. The summed E-state index contributed by atoms with van der Waals surface area (Å²) in [6.45, 7) is 20.8. The van der Waals surface area contributed by atoms with Crippen LogP contribution in [0.15, 0.2) is 66.3 Å². The van der Waals surface area contributed by atoms with Gasteiger partial charge < -0.3 is 40.3 Å². The summed E-state index contributed by atoms with van der Waals surface area (Å²) in [5, 5.41) is 29.5. The van der Waals surface area contributed by atoms with Crippen LogP contribution in [0.1, 0.15) is 108 Å². The van der Waals surface area contributed by atoms with Gasteiger partial charge in [-0.25, -0.2) is 9.97 Å². The Morgan fingerprint density at radius 2 is 1.65 bits per heavy atom. The Labute approximate surface area is 431 Å². The fraction of sp³-hybridized carbons (Fsp3) is 0.537.